The smallest absolute Gasteiger partial charge is 0.274 e. The van der Waals surface area contributed by atoms with Gasteiger partial charge in [0, 0.05) is 24.5 Å². The second-order valence-electron chi connectivity index (χ2n) is 7.77. The van der Waals surface area contributed by atoms with E-state index in [0.29, 0.717) is 35.1 Å². The van der Waals surface area contributed by atoms with Gasteiger partial charge in [-0.1, -0.05) is 18.2 Å². The monoisotopic (exact) mass is 486 g/mol. The van der Waals surface area contributed by atoms with Gasteiger partial charge in [0.25, 0.3) is 12.0 Å². The lowest BCUT2D eigenvalue weighted by Crippen LogP contribution is -2.48. The van der Waals surface area contributed by atoms with Gasteiger partial charge in [0.1, 0.15) is 24.3 Å². The second-order valence-corrected chi connectivity index (χ2v) is 8.28. The number of imidazole rings is 1. The number of benzene rings is 2. The fourth-order valence-electron chi connectivity index (χ4n) is 3.93. The van der Waals surface area contributed by atoms with Crippen LogP contribution in [0, 0.1) is 11.3 Å². The van der Waals surface area contributed by atoms with Crippen LogP contribution in [0.4, 0.5) is 12.7 Å². The highest BCUT2D eigenvalue weighted by molar-refractivity contribution is 7.92. The minimum Gasteiger partial charge on any atom is -0.486 e. The Hall–Kier alpha value is -3.56. The fraction of sp³-hybridized carbons (Fsp3) is 0.273. The van der Waals surface area contributed by atoms with Crippen LogP contribution in [0.1, 0.15) is 23.1 Å². The summed E-state index contributed by atoms with van der Waals surface area (Å²) in [6.45, 7) is 0.378. The summed E-state index contributed by atoms with van der Waals surface area (Å²) in [5.74, 6) is 0.233. The summed E-state index contributed by atoms with van der Waals surface area (Å²) in [6, 6.07) is 11.6. The number of aromatic nitrogens is 4. The normalized spacial score (nSPS) is 14.0. The van der Waals surface area contributed by atoms with E-state index >= 15 is 0 Å². The Morgan fingerprint density at radius 3 is 2.68 bits per heavy atom. The van der Waals surface area contributed by atoms with Crippen molar-refractivity contribution in [2.75, 3.05) is 19.7 Å². The van der Waals surface area contributed by atoms with E-state index in [2.05, 4.69) is 15.4 Å². The van der Waals surface area contributed by atoms with Gasteiger partial charge in [-0.2, -0.15) is 10.4 Å². The van der Waals surface area contributed by atoms with Crippen molar-refractivity contribution in [1.29, 1.82) is 5.26 Å². The van der Waals surface area contributed by atoms with E-state index in [1.54, 1.807) is 24.3 Å². The van der Waals surface area contributed by atoms with Crippen LogP contribution in [-0.2, 0) is 6.42 Å². The third kappa shape index (κ3) is 3.86. The molecule has 0 unspecified atom stereocenters. The molecule has 0 bridgehead atoms. The molecule has 0 atom stereocenters. The quantitative estimate of drug-likeness (QED) is 0.428. The molecule has 1 aliphatic heterocycles. The molecule has 0 radical (unpaired) electrons. The van der Waals surface area contributed by atoms with Gasteiger partial charge in [-0.05, 0) is 12.1 Å². The molecule has 3 heterocycles. The van der Waals surface area contributed by atoms with Crippen molar-refractivity contribution in [3.8, 4) is 11.8 Å². The van der Waals surface area contributed by atoms with Crippen LogP contribution in [0.2, 0.25) is 0 Å². The lowest BCUT2D eigenvalue weighted by Gasteiger charge is -2.28. The molecular formula is C22H17F3N6O2S. The zero-order valence-electron chi connectivity index (χ0n) is 17.5. The molecule has 174 valence electrons. The number of nitrogens with one attached hydrogen (secondary N) is 1. The molecule has 0 spiro atoms. The average Bonchev–Trinajstić information content (AvgIpc) is 3.14. The van der Waals surface area contributed by atoms with Gasteiger partial charge in [-0.15, -0.1) is 3.89 Å². The molecule has 1 aliphatic rings. The Kier molecular flexibility index (Phi) is 5.89. The summed E-state index contributed by atoms with van der Waals surface area (Å²) >= 11 is -0.0935. The first-order valence-electron chi connectivity index (χ1n) is 10.4. The Bertz CT molecular complexity index is 1490. The Balaban J connectivity index is 1.62. The van der Waals surface area contributed by atoms with E-state index in [9.17, 15) is 22.7 Å². The Morgan fingerprint density at radius 1 is 1.26 bits per heavy atom. The topological polar surface area (TPSA) is 97.8 Å². The van der Waals surface area contributed by atoms with E-state index in [1.165, 1.54) is 20.8 Å². The van der Waals surface area contributed by atoms with Crippen molar-refractivity contribution in [2.45, 2.75) is 18.9 Å². The van der Waals surface area contributed by atoms with Gasteiger partial charge >= 0.3 is 0 Å². The van der Waals surface area contributed by atoms with E-state index < -0.39 is 13.0 Å². The maximum absolute atomic E-state index is 14.0. The summed E-state index contributed by atoms with van der Waals surface area (Å²) in [5, 5.41) is 18.3. The van der Waals surface area contributed by atoms with Gasteiger partial charge in [-0.25, -0.2) is 22.4 Å². The standard InChI is InChI=1S/C22H17F3N6O2S/c23-20(24)11-33-19-6-17-18(5-12(19)8-26)31(34-25)21(28-17)7-16-14-3-1-2-4-15(14)22(32)30(29-16)13-9-27-10-13/h1-6,13,20,27H,7,9-11H2. The number of nitrogens with zero attached hydrogens (tertiary/aromatic N) is 5. The summed E-state index contributed by atoms with van der Waals surface area (Å²) in [5.41, 5.74) is 0.916. The van der Waals surface area contributed by atoms with E-state index in [0.717, 1.165) is 0 Å². The van der Waals surface area contributed by atoms with Crippen molar-refractivity contribution in [3.63, 3.8) is 0 Å². The molecule has 8 nitrogen and oxygen atoms in total. The van der Waals surface area contributed by atoms with Crippen molar-refractivity contribution < 1.29 is 17.4 Å². The molecule has 34 heavy (non-hydrogen) atoms. The van der Waals surface area contributed by atoms with Gasteiger partial charge in [-0.3, -0.25) is 4.79 Å². The highest BCUT2D eigenvalue weighted by Gasteiger charge is 2.24. The molecule has 0 amide bonds. The fourth-order valence-corrected chi connectivity index (χ4v) is 4.34. The second kappa shape index (κ2) is 9.00. The lowest BCUT2D eigenvalue weighted by atomic mass is 10.1. The first-order valence-corrected chi connectivity index (χ1v) is 11.0. The van der Waals surface area contributed by atoms with Crippen LogP contribution in [0.5, 0.6) is 5.75 Å². The number of rotatable bonds is 7. The summed E-state index contributed by atoms with van der Waals surface area (Å²) in [7, 11) is 0. The minimum atomic E-state index is -2.71. The number of hydrogen-bond donors (Lipinski definition) is 1. The number of alkyl halides is 2. The van der Waals surface area contributed by atoms with E-state index in [-0.39, 0.29) is 53.0 Å². The Labute approximate surface area is 195 Å². The van der Waals surface area contributed by atoms with Crippen molar-refractivity contribution in [1.82, 2.24) is 24.1 Å². The zero-order chi connectivity index (χ0) is 23.8. The number of ether oxygens (including phenoxy) is 1. The molecule has 4 aromatic rings. The molecule has 1 N–H and O–H groups in total. The largest absolute Gasteiger partial charge is 0.486 e. The predicted octanol–water partition coefficient (Wildman–Crippen LogP) is 3.38. The zero-order valence-corrected chi connectivity index (χ0v) is 18.4. The highest BCUT2D eigenvalue weighted by Crippen LogP contribution is 2.31. The maximum atomic E-state index is 14.0. The van der Waals surface area contributed by atoms with Gasteiger partial charge < -0.3 is 10.1 Å². The van der Waals surface area contributed by atoms with Crippen LogP contribution in [-0.4, -0.2) is 44.9 Å². The van der Waals surface area contributed by atoms with E-state index in [1.807, 2.05) is 6.07 Å². The molecule has 2 aromatic heterocycles. The third-order valence-electron chi connectivity index (χ3n) is 5.67. The van der Waals surface area contributed by atoms with Crippen LogP contribution < -0.4 is 15.6 Å². The average molecular weight is 486 g/mol. The number of halogens is 3. The van der Waals surface area contributed by atoms with Crippen LogP contribution in [0.25, 0.3) is 21.8 Å². The third-order valence-corrected chi connectivity index (χ3v) is 6.22. The SMILES string of the molecule is N#Cc1cc2c(cc1OCC(F)F)nc(Cc1nn(C3CNC3)c(=O)c3ccccc13)n2SF. The Morgan fingerprint density at radius 2 is 2.03 bits per heavy atom. The van der Waals surface area contributed by atoms with Crippen LogP contribution >= 0.6 is 12.3 Å². The van der Waals surface area contributed by atoms with E-state index in [4.69, 9.17) is 4.74 Å². The molecule has 12 heteroatoms. The molecule has 1 fully saturated rings. The maximum Gasteiger partial charge on any atom is 0.274 e. The lowest BCUT2D eigenvalue weighted by molar-refractivity contribution is 0.0818. The minimum absolute atomic E-state index is 0.00971. The molecule has 1 saturated heterocycles. The number of fused-ring (bicyclic) bond motifs is 2. The molecule has 2 aromatic carbocycles. The summed E-state index contributed by atoms with van der Waals surface area (Å²) in [6.07, 6.45) is -2.61. The van der Waals surface area contributed by atoms with Crippen molar-refractivity contribution >= 4 is 34.1 Å². The van der Waals surface area contributed by atoms with Crippen molar-refractivity contribution in [2.24, 2.45) is 0 Å². The summed E-state index contributed by atoms with van der Waals surface area (Å²) in [4.78, 5) is 17.4. The van der Waals surface area contributed by atoms with Gasteiger partial charge in [0.05, 0.1) is 40.1 Å². The highest BCUT2D eigenvalue weighted by atomic mass is 32.2. The van der Waals surface area contributed by atoms with Crippen LogP contribution in [0.15, 0.2) is 41.2 Å². The number of hydrogen-bond acceptors (Lipinski definition) is 7. The first kappa shape index (κ1) is 22.2. The van der Waals surface area contributed by atoms with Gasteiger partial charge in [0.2, 0.25) is 0 Å². The molecule has 5 rings (SSSR count). The summed E-state index contributed by atoms with van der Waals surface area (Å²) < 4.78 is 46.9. The molecular weight excluding hydrogens is 469 g/mol. The molecule has 0 saturated carbocycles. The van der Waals surface area contributed by atoms with Crippen molar-refractivity contribution in [3.05, 3.63) is 63.8 Å². The first-order chi connectivity index (χ1) is 16.5. The van der Waals surface area contributed by atoms with Crippen LogP contribution in [0.3, 0.4) is 0 Å². The predicted molar refractivity (Wildman–Crippen MR) is 121 cm³/mol. The molecule has 0 aliphatic carbocycles. The number of nitriles is 1. The van der Waals surface area contributed by atoms with Gasteiger partial charge in [0.15, 0.2) is 12.3 Å².